The van der Waals surface area contributed by atoms with Gasteiger partial charge in [0, 0.05) is 18.8 Å². The number of nitrogens with one attached hydrogen (secondary N) is 2. The molecule has 0 aliphatic carbocycles. The molecule has 0 amide bonds. The second-order valence-electron chi connectivity index (χ2n) is 4.23. The highest BCUT2D eigenvalue weighted by Crippen LogP contribution is 2.15. The summed E-state index contributed by atoms with van der Waals surface area (Å²) in [5.41, 5.74) is 0.0741. The molecule has 2 rings (SSSR count). The minimum Gasteiger partial charge on any atom is -0.370 e. The first-order chi connectivity index (χ1) is 8.25. The van der Waals surface area contributed by atoms with Crippen molar-refractivity contribution in [2.75, 3.05) is 25.0 Å². The van der Waals surface area contributed by atoms with E-state index in [2.05, 4.69) is 15.6 Å². The zero-order valence-electron chi connectivity index (χ0n) is 9.56. The molecule has 2 N–H and O–H groups in total. The van der Waals surface area contributed by atoms with Gasteiger partial charge in [0.15, 0.2) is 0 Å². The number of hydrogen-bond acceptors (Lipinski definition) is 5. The lowest BCUT2D eigenvalue weighted by molar-refractivity contribution is -0.384. The van der Waals surface area contributed by atoms with Crippen LogP contribution in [-0.4, -0.2) is 29.5 Å². The Hall–Kier alpha value is -1.69. The van der Waals surface area contributed by atoms with Crippen LogP contribution in [-0.2, 0) is 0 Å². The molecule has 17 heavy (non-hydrogen) atoms. The molecule has 6 heteroatoms. The minimum absolute atomic E-state index is 0.0741. The Morgan fingerprint density at radius 2 is 2.53 bits per heavy atom. The van der Waals surface area contributed by atoms with Gasteiger partial charge in [0.2, 0.25) is 0 Å². The van der Waals surface area contributed by atoms with E-state index in [1.165, 1.54) is 24.8 Å². The van der Waals surface area contributed by atoms with Gasteiger partial charge in [-0.15, -0.1) is 0 Å². The van der Waals surface area contributed by atoms with Gasteiger partial charge in [0.1, 0.15) is 5.82 Å². The average molecular weight is 236 g/mol. The van der Waals surface area contributed by atoms with E-state index in [-0.39, 0.29) is 5.69 Å². The second-order valence-corrected chi connectivity index (χ2v) is 4.23. The molecule has 0 bridgehead atoms. The molecule has 1 unspecified atom stereocenters. The van der Waals surface area contributed by atoms with Gasteiger partial charge in [-0.3, -0.25) is 10.1 Å². The van der Waals surface area contributed by atoms with Crippen LogP contribution in [0.25, 0.3) is 0 Å². The van der Waals surface area contributed by atoms with E-state index in [0.717, 1.165) is 26.1 Å². The van der Waals surface area contributed by atoms with Crippen LogP contribution < -0.4 is 10.6 Å². The van der Waals surface area contributed by atoms with Gasteiger partial charge in [-0.25, -0.2) is 4.98 Å². The third-order valence-electron chi connectivity index (χ3n) is 2.98. The third-order valence-corrected chi connectivity index (χ3v) is 2.98. The van der Waals surface area contributed by atoms with E-state index in [1.807, 2.05) is 0 Å². The maximum Gasteiger partial charge on any atom is 0.274 e. The molecule has 1 aliphatic heterocycles. The van der Waals surface area contributed by atoms with Crippen LogP contribution in [0.2, 0.25) is 0 Å². The molecule has 0 spiro atoms. The molecule has 1 fully saturated rings. The molecule has 1 aliphatic rings. The minimum atomic E-state index is -0.409. The first-order valence-electron chi connectivity index (χ1n) is 5.81. The molecule has 1 aromatic rings. The fraction of sp³-hybridized carbons (Fsp3) is 0.545. The Bertz CT molecular complexity index is 391. The van der Waals surface area contributed by atoms with Crippen LogP contribution in [0.15, 0.2) is 18.3 Å². The van der Waals surface area contributed by atoms with Crippen LogP contribution in [0.3, 0.4) is 0 Å². The van der Waals surface area contributed by atoms with Crippen LogP contribution >= 0.6 is 0 Å². The van der Waals surface area contributed by atoms with Gasteiger partial charge in [-0.05, 0) is 31.8 Å². The Labute approximate surface area is 99.6 Å². The quantitative estimate of drug-likeness (QED) is 0.596. The van der Waals surface area contributed by atoms with Crippen molar-refractivity contribution >= 4 is 11.5 Å². The molecule has 0 radical (unpaired) electrons. The fourth-order valence-electron chi connectivity index (χ4n) is 1.99. The van der Waals surface area contributed by atoms with Crippen molar-refractivity contribution in [3.63, 3.8) is 0 Å². The van der Waals surface area contributed by atoms with E-state index in [9.17, 15) is 10.1 Å². The largest absolute Gasteiger partial charge is 0.370 e. The van der Waals surface area contributed by atoms with E-state index in [4.69, 9.17) is 0 Å². The summed E-state index contributed by atoms with van der Waals surface area (Å²) in [5.74, 6) is 1.28. The van der Waals surface area contributed by atoms with E-state index >= 15 is 0 Å². The summed E-state index contributed by atoms with van der Waals surface area (Å²) in [5, 5.41) is 17.0. The van der Waals surface area contributed by atoms with Crippen LogP contribution in [0.1, 0.15) is 12.8 Å². The summed E-state index contributed by atoms with van der Waals surface area (Å²) in [6, 6.07) is 2.86. The van der Waals surface area contributed by atoms with Crippen molar-refractivity contribution in [2.45, 2.75) is 12.8 Å². The topological polar surface area (TPSA) is 80.1 Å². The zero-order chi connectivity index (χ0) is 12.1. The van der Waals surface area contributed by atoms with Gasteiger partial charge in [0.25, 0.3) is 5.69 Å². The highest BCUT2D eigenvalue weighted by molar-refractivity contribution is 5.44. The highest BCUT2D eigenvalue weighted by Gasteiger charge is 2.13. The Morgan fingerprint density at radius 3 is 3.24 bits per heavy atom. The van der Waals surface area contributed by atoms with E-state index in [0.29, 0.717) is 11.7 Å². The number of nitro groups is 1. The van der Waals surface area contributed by atoms with E-state index < -0.39 is 4.92 Å². The first-order valence-corrected chi connectivity index (χ1v) is 5.81. The third kappa shape index (κ3) is 3.39. The number of pyridine rings is 1. The summed E-state index contributed by atoms with van der Waals surface area (Å²) in [6.07, 6.45) is 3.74. The number of nitrogens with zero attached hydrogens (tertiary/aromatic N) is 2. The number of aromatic nitrogens is 1. The molecule has 0 aromatic carbocycles. The molecule has 6 nitrogen and oxygen atoms in total. The van der Waals surface area contributed by atoms with Crippen molar-refractivity contribution in [1.29, 1.82) is 0 Å². The van der Waals surface area contributed by atoms with Crippen LogP contribution in [0.4, 0.5) is 11.5 Å². The molecule has 1 atom stereocenters. The van der Waals surface area contributed by atoms with Gasteiger partial charge in [0.05, 0.1) is 11.0 Å². The zero-order valence-corrected chi connectivity index (χ0v) is 9.56. The second kappa shape index (κ2) is 5.58. The summed E-state index contributed by atoms with van der Waals surface area (Å²) in [7, 11) is 0. The Kier molecular flexibility index (Phi) is 3.87. The normalized spacial score (nSPS) is 19.2. The fourth-order valence-corrected chi connectivity index (χ4v) is 1.99. The van der Waals surface area contributed by atoms with Crippen LogP contribution in [0, 0.1) is 16.0 Å². The molecule has 1 aromatic heterocycles. The SMILES string of the molecule is O=[N+]([O-])c1ccnc(NCCC2CCNC2)c1. The number of anilines is 1. The van der Waals surface area contributed by atoms with Crippen molar-refractivity contribution in [3.8, 4) is 0 Å². The summed E-state index contributed by atoms with van der Waals surface area (Å²) in [4.78, 5) is 14.2. The Morgan fingerprint density at radius 1 is 1.65 bits per heavy atom. The lowest BCUT2D eigenvalue weighted by atomic mass is 10.1. The van der Waals surface area contributed by atoms with Crippen molar-refractivity contribution < 1.29 is 4.92 Å². The monoisotopic (exact) mass is 236 g/mol. The molecule has 0 saturated carbocycles. The molecule has 92 valence electrons. The summed E-state index contributed by atoms with van der Waals surface area (Å²) in [6.45, 7) is 2.98. The van der Waals surface area contributed by atoms with E-state index in [1.54, 1.807) is 0 Å². The standard InChI is InChI=1S/C11H16N4O2/c16-15(17)10-3-6-14-11(7-10)13-5-2-9-1-4-12-8-9/h3,6-7,9,12H,1-2,4-5,8H2,(H,13,14). The smallest absolute Gasteiger partial charge is 0.274 e. The Balaban J connectivity index is 1.81. The van der Waals surface area contributed by atoms with Gasteiger partial charge < -0.3 is 10.6 Å². The van der Waals surface area contributed by atoms with Crippen LogP contribution in [0.5, 0.6) is 0 Å². The predicted octanol–water partition coefficient (Wildman–Crippen LogP) is 1.40. The van der Waals surface area contributed by atoms with Crippen molar-refractivity contribution in [2.24, 2.45) is 5.92 Å². The summed E-state index contributed by atoms with van der Waals surface area (Å²) >= 11 is 0. The molecule has 1 saturated heterocycles. The molecule has 2 heterocycles. The lowest BCUT2D eigenvalue weighted by Gasteiger charge is -2.09. The number of hydrogen-bond donors (Lipinski definition) is 2. The average Bonchev–Trinajstić information content (AvgIpc) is 2.82. The van der Waals surface area contributed by atoms with Crippen molar-refractivity contribution in [3.05, 3.63) is 28.4 Å². The maximum atomic E-state index is 10.6. The van der Waals surface area contributed by atoms with Gasteiger partial charge in [-0.2, -0.15) is 0 Å². The van der Waals surface area contributed by atoms with Gasteiger partial charge >= 0.3 is 0 Å². The first kappa shape index (κ1) is 11.8. The molecular weight excluding hydrogens is 220 g/mol. The predicted molar refractivity (Wildman–Crippen MR) is 65.0 cm³/mol. The maximum absolute atomic E-state index is 10.6. The molecular formula is C11H16N4O2. The number of rotatable bonds is 5. The highest BCUT2D eigenvalue weighted by atomic mass is 16.6. The van der Waals surface area contributed by atoms with Gasteiger partial charge in [-0.1, -0.05) is 0 Å². The van der Waals surface area contributed by atoms with Crippen molar-refractivity contribution in [1.82, 2.24) is 10.3 Å². The lowest BCUT2D eigenvalue weighted by Crippen LogP contribution is -2.13. The summed E-state index contributed by atoms with van der Waals surface area (Å²) < 4.78 is 0.